The maximum absolute atomic E-state index is 12.6. The summed E-state index contributed by atoms with van der Waals surface area (Å²) in [7, 11) is 3.92. The average Bonchev–Trinajstić information content (AvgIpc) is 3.23. The number of amides is 2. The molecule has 0 bridgehead atoms. The van der Waals surface area contributed by atoms with Gasteiger partial charge in [-0.25, -0.2) is 4.68 Å². The first-order valence-corrected chi connectivity index (χ1v) is 10.6. The van der Waals surface area contributed by atoms with Crippen LogP contribution in [0.3, 0.4) is 0 Å². The molecular formula is C22H32N6O2. The van der Waals surface area contributed by atoms with Gasteiger partial charge in [-0.3, -0.25) is 9.59 Å². The summed E-state index contributed by atoms with van der Waals surface area (Å²) in [5.41, 5.74) is 2.77. The fourth-order valence-corrected chi connectivity index (χ4v) is 3.59. The minimum Gasteiger partial charge on any atom is -0.349 e. The van der Waals surface area contributed by atoms with E-state index >= 15 is 0 Å². The first kappa shape index (κ1) is 22.0. The highest BCUT2D eigenvalue weighted by atomic mass is 16.2. The number of hydrogen-bond donors (Lipinski definition) is 1. The fourth-order valence-electron chi connectivity index (χ4n) is 3.59. The van der Waals surface area contributed by atoms with Crippen LogP contribution < -0.4 is 5.32 Å². The standard InChI is InChI=1S/C22H32N6O2/c1-17-4-6-18(7-5-17)8-9-21(29)27-13-10-19(11-14-27)28-16-20(24-25-28)22(30)23-12-15-26(2)3/h4-7,16,19H,8-15H2,1-3H3,(H,23,30). The van der Waals surface area contributed by atoms with Crippen molar-refractivity contribution in [1.82, 2.24) is 30.1 Å². The smallest absolute Gasteiger partial charge is 0.273 e. The summed E-state index contributed by atoms with van der Waals surface area (Å²) in [4.78, 5) is 28.7. The Morgan fingerprint density at radius 2 is 1.87 bits per heavy atom. The largest absolute Gasteiger partial charge is 0.349 e. The van der Waals surface area contributed by atoms with Crippen molar-refractivity contribution in [3.8, 4) is 0 Å². The van der Waals surface area contributed by atoms with E-state index in [1.807, 2.05) is 23.9 Å². The van der Waals surface area contributed by atoms with Gasteiger partial charge in [0, 0.05) is 32.6 Å². The van der Waals surface area contributed by atoms with E-state index in [2.05, 4.69) is 46.8 Å². The second-order valence-corrected chi connectivity index (χ2v) is 8.24. The second-order valence-electron chi connectivity index (χ2n) is 8.24. The van der Waals surface area contributed by atoms with E-state index < -0.39 is 0 Å². The lowest BCUT2D eigenvalue weighted by Crippen LogP contribution is -2.39. The zero-order valence-corrected chi connectivity index (χ0v) is 18.2. The molecule has 1 saturated heterocycles. The summed E-state index contributed by atoms with van der Waals surface area (Å²) in [5, 5.41) is 11.0. The minimum atomic E-state index is -0.202. The number of nitrogens with one attached hydrogen (secondary N) is 1. The van der Waals surface area contributed by atoms with Crippen molar-refractivity contribution in [2.24, 2.45) is 0 Å². The molecule has 3 rings (SSSR count). The van der Waals surface area contributed by atoms with Crippen molar-refractivity contribution >= 4 is 11.8 Å². The number of nitrogens with zero attached hydrogens (tertiary/aromatic N) is 5. The third-order valence-corrected chi connectivity index (χ3v) is 5.53. The molecule has 30 heavy (non-hydrogen) atoms. The Morgan fingerprint density at radius 1 is 1.17 bits per heavy atom. The lowest BCUT2D eigenvalue weighted by atomic mass is 10.0. The van der Waals surface area contributed by atoms with Gasteiger partial charge in [0.2, 0.25) is 5.91 Å². The Balaban J connectivity index is 1.43. The van der Waals surface area contributed by atoms with Crippen LogP contribution in [-0.4, -0.2) is 76.9 Å². The number of likely N-dealkylation sites (N-methyl/N-ethyl adjacent to an activating group) is 1. The molecule has 0 saturated carbocycles. The number of aryl methyl sites for hydroxylation is 2. The minimum absolute atomic E-state index is 0.168. The number of likely N-dealkylation sites (tertiary alicyclic amines) is 1. The predicted octanol–water partition coefficient (Wildman–Crippen LogP) is 1.67. The van der Waals surface area contributed by atoms with Crippen molar-refractivity contribution in [1.29, 1.82) is 0 Å². The van der Waals surface area contributed by atoms with Crippen molar-refractivity contribution in [2.75, 3.05) is 40.3 Å². The molecule has 2 aromatic rings. The van der Waals surface area contributed by atoms with E-state index in [-0.39, 0.29) is 17.9 Å². The third-order valence-electron chi connectivity index (χ3n) is 5.53. The summed E-state index contributed by atoms with van der Waals surface area (Å²) < 4.78 is 1.77. The number of aromatic nitrogens is 3. The first-order chi connectivity index (χ1) is 14.4. The van der Waals surface area contributed by atoms with E-state index in [0.29, 0.717) is 31.7 Å². The molecule has 8 heteroatoms. The van der Waals surface area contributed by atoms with Gasteiger partial charge in [-0.2, -0.15) is 0 Å². The molecule has 1 N–H and O–H groups in total. The Morgan fingerprint density at radius 3 is 2.53 bits per heavy atom. The summed E-state index contributed by atoms with van der Waals surface area (Å²) in [6, 6.07) is 8.52. The molecule has 0 aliphatic carbocycles. The molecular weight excluding hydrogens is 380 g/mol. The van der Waals surface area contributed by atoms with Crippen molar-refractivity contribution in [2.45, 2.75) is 38.6 Å². The highest BCUT2D eigenvalue weighted by molar-refractivity contribution is 5.91. The predicted molar refractivity (Wildman–Crippen MR) is 115 cm³/mol. The lowest BCUT2D eigenvalue weighted by molar-refractivity contribution is -0.132. The van der Waals surface area contributed by atoms with Crippen LogP contribution in [0.1, 0.15) is 46.9 Å². The van der Waals surface area contributed by atoms with Gasteiger partial charge < -0.3 is 15.1 Å². The van der Waals surface area contributed by atoms with Crippen LogP contribution in [0.4, 0.5) is 0 Å². The molecule has 1 aliphatic heterocycles. The zero-order valence-electron chi connectivity index (χ0n) is 18.2. The zero-order chi connectivity index (χ0) is 21.5. The molecule has 1 fully saturated rings. The SMILES string of the molecule is Cc1ccc(CCC(=O)N2CCC(n3cc(C(=O)NCCN(C)C)nn3)CC2)cc1. The number of carbonyl (C=O) groups is 2. The highest BCUT2D eigenvalue weighted by Crippen LogP contribution is 2.22. The van der Waals surface area contributed by atoms with Gasteiger partial charge in [0.15, 0.2) is 5.69 Å². The lowest BCUT2D eigenvalue weighted by Gasteiger charge is -2.32. The summed E-state index contributed by atoms with van der Waals surface area (Å²) in [6.45, 7) is 4.83. The summed E-state index contributed by atoms with van der Waals surface area (Å²) in [5.74, 6) is 0.000365. The van der Waals surface area contributed by atoms with Crippen LogP contribution in [0.25, 0.3) is 0 Å². The maximum Gasteiger partial charge on any atom is 0.273 e. The molecule has 0 radical (unpaired) electrons. The van der Waals surface area contributed by atoms with Crippen molar-refractivity contribution in [3.05, 3.63) is 47.3 Å². The van der Waals surface area contributed by atoms with E-state index in [1.54, 1.807) is 10.9 Å². The average molecular weight is 413 g/mol. The monoisotopic (exact) mass is 412 g/mol. The van der Waals surface area contributed by atoms with Crippen molar-refractivity contribution in [3.63, 3.8) is 0 Å². The van der Waals surface area contributed by atoms with Crippen molar-refractivity contribution < 1.29 is 9.59 Å². The highest BCUT2D eigenvalue weighted by Gasteiger charge is 2.25. The third kappa shape index (κ3) is 6.13. The molecule has 0 atom stereocenters. The second kappa shape index (κ2) is 10.3. The van der Waals surface area contributed by atoms with E-state index in [9.17, 15) is 9.59 Å². The molecule has 1 aliphatic rings. The fraction of sp³-hybridized carbons (Fsp3) is 0.545. The number of hydrogen-bond acceptors (Lipinski definition) is 5. The maximum atomic E-state index is 12.6. The normalized spacial score (nSPS) is 14.9. The van der Waals surface area contributed by atoms with E-state index in [1.165, 1.54) is 11.1 Å². The molecule has 8 nitrogen and oxygen atoms in total. The molecule has 1 aromatic heterocycles. The topological polar surface area (TPSA) is 83.4 Å². The Labute approximate surface area is 178 Å². The Hall–Kier alpha value is -2.74. The molecule has 0 unspecified atom stereocenters. The van der Waals surface area contributed by atoms with Crippen LogP contribution in [0, 0.1) is 6.92 Å². The van der Waals surface area contributed by atoms with E-state index in [0.717, 1.165) is 25.8 Å². The van der Waals surface area contributed by atoms with Crippen LogP contribution >= 0.6 is 0 Å². The number of piperidine rings is 1. The van der Waals surface area contributed by atoms with Crippen LogP contribution in [0.5, 0.6) is 0 Å². The van der Waals surface area contributed by atoms with Gasteiger partial charge in [-0.05, 0) is 45.8 Å². The molecule has 0 spiro atoms. The van der Waals surface area contributed by atoms with Gasteiger partial charge in [-0.1, -0.05) is 35.0 Å². The van der Waals surface area contributed by atoms with Gasteiger partial charge in [0.05, 0.1) is 12.2 Å². The first-order valence-electron chi connectivity index (χ1n) is 10.6. The quantitative estimate of drug-likeness (QED) is 0.713. The van der Waals surface area contributed by atoms with Crippen LogP contribution in [0.15, 0.2) is 30.5 Å². The summed E-state index contributed by atoms with van der Waals surface area (Å²) in [6.07, 6.45) is 4.66. The Kier molecular flexibility index (Phi) is 7.57. The van der Waals surface area contributed by atoms with Gasteiger partial charge >= 0.3 is 0 Å². The van der Waals surface area contributed by atoms with Crippen LogP contribution in [-0.2, 0) is 11.2 Å². The molecule has 2 heterocycles. The van der Waals surface area contributed by atoms with Gasteiger partial charge in [0.25, 0.3) is 5.91 Å². The summed E-state index contributed by atoms with van der Waals surface area (Å²) >= 11 is 0. The molecule has 162 valence electrons. The number of carbonyl (C=O) groups excluding carboxylic acids is 2. The molecule has 2 amide bonds. The molecule has 1 aromatic carbocycles. The van der Waals surface area contributed by atoms with E-state index in [4.69, 9.17) is 0 Å². The number of rotatable bonds is 8. The van der Waals surface area contributed by atoms with Gasteiger partial charge in [-0.15, -0.1) is 5.10 Å². The number of benzene rings is 1. The Bertz CT molecular complexity index is 838. The van der Waals surface area contributed by atoms with Crippen LogP contribution in [0.2, 0.25) is 0 Å². The van der Waals surface area contributed by atoms with Gasteiger partial charge in [0.1, 0.15) is 0 Å².